The highest BCUT2D eigenvalue weighted by Crippen LogP contribution is 2.31. The van der Waals surface area contributed by atoms with Gasteiger partial charge in [-0.15, -0.1) is 0 Å². The Kier molecular flexibility index (Phi) is 10.4. The molecule has 0 saturated carbocycles. The molecule has 2 N–H and O–H groups in total. The van der Waals surface area contributed by atoms with Crippen molar-refractivity contribution in [2.45, 2.75) is 40.5 Å². The molecular formula is C30H44N4O4. The Morgan fingerprint density at radius 1 is 0.974 bits per heavy atom. The predicted octanol–water partition coefficient (Wildman–Crippen LogP) is 4.80. The van der Waals surface area contributed by atoms with E-state index in [2.05, 4.69) is 54.2 Å². The number of hydrogen-bond donors (Lipinski definition) is 2. The molecule has 3 rings (SSSR count). The highest BCUT2D eigenvalue weighted by molar-refractivity contribution is 6.02. The summed E-state index contributed by atoms with van der Waals surface area (Å²) in [6, 6.07) is 13.7. The average molecular weight is 525 g/mol. The molecule has 2 amide bonds. The molecule has 1 heterocycles. The zero-order valence-corrected chi connectivity index (χ0v) is 23.8. The lowest BCUT2D eigenvalue weighted by Crippen LogP contribution is -2.47. The molecule has 8 nitrogen and oxygen atoms in total. The Balaban J connectivity index is 1.74. The minimum absolute atomic E-state index is 0.0364. The third kappa shape index (κ3) is 8.38. The van der Waals surface area contributed by atoms with Crippen LogP contribution in [0.5, 0.6) is 5.75 Å². The van der Waals surface area contributed by atoms with Crippen LogP contribution in [-0.4, -0.2) is 65.4 Å². The zero-order chi connectivity index (χ0) is 27.7. The highest BCUT2D eigenvalue weighted by Gasteiger charge is 2.24. The van der Waals surface area contributed by atoms with Crippen molar-refractivity contribution in [1.82, 2.24) is 5.32 Å². The van der Waals surface area contributed by atoms with Crippen molar-refractivity contribution >= 4 is 28.9 Å². The Bertz CT molecular complexity index is 1070. The molecule has 2 aromatic carbocycles. The molecule has 0 spiro atoms. The third-order valence-electron chi connectivity index (χ3n) is 6.66. The first-order valence-electron chi connectivity index (χ1n) is 13.4. The lowest BCUT2D eigenvalue weighted by Gasteiger charge is -2.38. The summed E-state index contributed by atoms with van der Waals surface area (Å²) in [5, 5.41) is 5.95. The van der Waals surface area contributed by atoms with Gasteiger partial charge in [0.1, 0.15) is 5.75 Å². The van der Waals surface area contributed by atoms with Crippen LogP contribution < -0.4 is 25.2 Å². The summed E-state index contributed by atoms with van der Waals surface area (Å²) in [4.78, 5) is 30.5. The van der Waals surface area contributed by atoms with Crippen molar-refractivity contribution in [2.24, 2.45) is 11.3 Å². The molecule has 8 heteroatoms. The van der Waals surface area contributed by atoms with E-state index in [1.807, 2.05) is 30.3 Å². The van der Waals surface area contributed by atoms with Gasteiger partial charge in [0.25, 0.3) is 5.91 Å². The van der Waals surface area contributed by atoms with Crippen LogP contribution in [0.4, 0.5) is 17.1 Å². The zero-order valence-electron chi connectivity index (χ0n) is 23.8. The van der Waals surface area contributed by atoms with Crippen LogP contribution in [0.15, 0.2) is 42.5 Å². The highest BCUT2D eigenvalue weighted by atomic mass is 16.5. The van der Waals surface area contributed by atoms with E-state index in [4.69, 9.17) is 9.47 Å². The van der Waals surface area contributed by atoms with E-state index in [1.165, 1.54) is 0 Å². The Morgan fingerprint density at radius 3 is 2.26 bits per heavy atom. The van der Waals surface area contributed by atoms with E-state index >= 15 is 0 Å². The monoisotopic (exact) mass is 524 g/mol. The number of hydrogen-bond acceptors (Lipinski definition) is 6. The van der Waals surface area contributed by atoms with Gasteiger partial charge in [-0.05, 0) is 48.1 Å². The molecule has 0 bridgehead atoms. The third-order valence-corrected chi connectivity index (χ3v) is 6.66. The molecule has 0 aromatic heterocycles. The number of nitrogens with zero attached hydrogens (tertiary/aromatic N) is 2. The number of ether oxygens (including phenoxy) is 2. The van der Waals surface area contributed by atoms with Crippen LogP contribution in [-0.2, 0) is 9.53 Å². The maximum atomic E-state index is 13.2. The fraction of sp³-hybridized carbons (Fsp3) is 0.533. The molecule has 38 heavy (non-hydrogen) atoms. The predicted molar refractivity (Wildman–Crippen MR) is 155 cm³/mol. The number of para-hydroxylation sites is 2. The van der Waals surface area contributed by atoms with Crippen molar-refractivity contribution in [1.29, 1.82) is 0 Å². The van der Waals surface area contributed by atoms with E-state index in [-0.39, 0.29) is 23.1 Å². The van der Waals surface area contributed by atoms with Gasteiger partial charge >= 0.3 is 0 Å². The summed E-state index contributed by atoms with van der Waals surface area (Å²) in [6.07, 6.45) is 1.41. The van der Waals surface area contributed by atoms with Gasteiger partial charge in [-0.25, -0.2) is 0 Å². The Labute approximate surface area is 227 Å². The summed E-state index contributed by atoms with van der Waals surface area (Å²) in [7, 11) is 3.30. The number of carbonyl (C=O) groups excluding carboxylic acids is 2. The molecule has 0 aliphatic carbocycles. The molecule has 208 valence electrons. The average Bonchev–Trinajstić information content (AvgIpc) is 2.87. The van der Waals surface area contributed by atoms with Crippen LogP contribution in [0.3, 0.4) is 0 Å². The van der Waals surface area contributed by atoms with Crippen molar-refractivity contribution in [2.75, 3.05) is 68.7 Å². The summed E-state index contributed by atoms with van der Waals surface area (Å²) in [5.41, 5.74) is 3.29. The normalized spacial score (nSPS) is 14.7. The molecule has 1 aliphatic heterocycles. The molecule has 1 saturated heterocycles. The first-order valence-corrected chi connectivity index (χ1v) is 13.4. The van der Waals surface area contributed by atoms with Gasteiger partial charge in [0, 0.05) is 57.6 Å². The molecule has 1 atom stereocenters. The van der Waals surface area contributed by atoms with E-state index in [0.717, 1.165) is 49.7 Å². The van der Waals surface area contributed by atoms with E-state index < -0.39 is 0 Å². The molecule has 1 unspecified atom stereocenters. The fourth-order valence-electron chi connectivity index (χ4n) is 5.16. The Morgan fingerprint density at radius 2 is 1.63 bits per heavy atom. The molecule has 1 aliphatic rings. The number of carbonyl (C=O) groups is 2. The van der Waals surface area contributed by atoms with E-state index in [9.17, 15) is 9.59 Å². The second kappa shape index (κ2) is 13.5. The van der Waals surface area contributed by atoms with Crippen LogP contribution >= 0.6 is 0 Å². The smallest absolute Gasteiger partial charge is 0.253 e. The van der Waals surface area contributed by atoms with Gasteiger partial charge in [-0.1, -0.05) is 39.8 Å². The number of rotatable bonds is 11. The molecular weight excluding hydrogens is 480 g/mol. The first-order chi connectivity index (χ1) is 18.1. The van der Waals surface area contributed by atoms with Crippen molar-refractivity contribution in [3.63, 3.8) is 0 Å². The van der Waals surface area contributed by atoms with Crippen LogP contribution in [0.25, 0.3) is 0 Å². The lowest BCUT2D eigenvalue weighted by molar-refractivity contribution is -0.117. The first kappa shape index (κ1) is 29.3. The summed E-state index contributed by atoms with van der Waals surface area (Å²) < 4.78 is 10.6. The minimum Gasteiger partial charge on any atom is -0.495 e. The fourth-order valence-corrected chi connectivity index (χ4v) is 5.16. The number of amides is 2. The standard InChI is InChI=1S/C30H44N4O4/c1-22(21-30(2,3)4)19-28(35)32-23-11-12-25(24(20-23)29(36)31-13-18-37-5)33-14-16-34(17-15-33)26-9-7-8-10-27(26)38-6/h7-12,20,22H,13-19,21H2,1-6H3,(H,31,36)(H,32,35). The quantitative estimate of drug-likeness (QED) is 0.411. The van der Waals surface area contributed by atoms with Gasteiger partial charge < -0.3 is 29.9 Å². The second-order valence-electron chi connectivity index (χ2n) is 11.2. The van der Waals surface area contributed by atoms with Gasteiger partial charge in [0.15, 0.2) is 0 Å². The molecule has 0 radical (unpaired) electrons. The topological polar surface area (TPSA) is 83.1 Å². The second-order valence-corrected chi connectivity index (χ2v) is 11.2. The minimum atomic E-state index is -0.179. The Hall–Kier alpha value is -3.26. The number of benzene rings is 2. The number of nitrogens with one attached hydrogen (secondary N) is 2. The number of anilines is 3. The SMILES string of the molecule is COCCNC(=O)c1cc(NC(=O)CC(C)CC(C)(C)C)ccc1N1CCN(c2ccccc2OC)CC1. The van der Waals surface area contributed by atoms with Gasteiger partial charge in [0.2, 0.25) is 5.91 Å². The van der Waals surface area contributed by atoms with Gasteiger partial charge in [-0.2, -0.15) is 0 Å². The lowest BCUT2D eigenvalue weighted by atomic mass is 9.84. The van der Waals surface area contributed by atoms with E-state index in [1.54, 1.807) is 20.3 Å². The van der Waals surface area contributed by atoms with Crippen LogP contribution in [0, 0.1) is 11.3 Å². The van der Waals surface area contributed by atoms with Crippen LogP contribution in [0.2, 0.25) is 0 Å². The number of piperazine rings is 1. The van der Waals surface area contributed by atoms with Crippen molar-refractivity contribution in [3.05, 3.63) is 48.0 Å². The maximum absolute atomic E-state index is 13.2. The van der Waals surface area contributed by atoms with Gasteiger partial charge in [-0.3, -0.25) is 9.59 Å². The van der Waals surface area contributed by atoms with E-state index in [0.29, 0.717) is 30.8 Å². The number of methoxy groups -OCH3 is 2. The van der Waals surface area contributed by atoms with Crippen LogP contribution in [0.1, 0.15) is 50.9 Å². The largest absolute Gasteiger partial charge is 0.495 e. The molecule has 1 fully saturated rings. The summed E-state index contributed by atoms with van der Waals surface area (Å²) >= 11 is 0. The van der Waals surface area contributed by atoms with Gasteiger partial charge in [0.05, 0.1) is 25.0 Å². The molecule has 2 aromatic rings. The van der Waals surface area contributed by atoms with Crippen molar-refractivity contribution in [3.8, 4) is 5.75 Å². The van der Waals surface area contributed by atoms with Crippen molar-refractivity contribution < 1.29 is 19.1 Å². The summed E-state index contributed by atoms with van der Waals surface area (Å²) in [6.45, 7) is 12.6. The maximum Gasteiger partial charge on any atom is 0.253 e. The summed E-state index contributed by atoms with van der Waals surface area (Å²) in [5.74, 6) is 0.911.